The number of amidine groups is 1. The fourth-order valence-electron chi connectivity index (χ4n) is 13.4. The Bertz CT molecular complexity index is 4400. The van der Waals surface area contributed by atoms with E-state index in [1.807, 2.05) is 18.2 Å². The molecule has 0 radical (unpaired) electrons. The van der Waals surface area contributed by atoms with Gasteiger partial charge < -0.3 is 10.3 Å². The molecule has 2 heterocycles. The summed E-state index contributed by atoms with van der Waals surface area (Å²) in [5, 5.41) is 4.58. The molecule has 0 amide bonds. The van der Waals surface area contributed by atoms with Crippen LogP contribution in [0.1, 0.15) is 50.1 Å². The minimum Gasteiger partial charge on any atom is -0.369 e. The summed E-state index contributed by atoms with van der Waals surface area (Å²) < 4.78 is 4.50. The van der Waals surface area contributed by atoms with Gasteiger partial charge in [-0.2, -0.15) is 4.99 Å². The van der Waals surface area contributed by atoms with Gasteiger partial charge in [0.05, 0.1) is 32.9 Å². The van der Waals surface area contributed by atoms with Gasteiger partial charge in [-0.25, -0.2) is 4.99 Å². The van der Waals surface area contributed by atoms with Gasteiger partial charge in [-0.3, -0.25) is 4.57 Å². The lowest BCUT2D eigenvalue weighted by Gasteiger charge is -2.34. The van der Waals surface area contributed by atoms with Crippen LogP contribution >= 0.6 is 0 Å². The van der Waals surface area contributed by atoms with Gasteiger partial charge >= 0.3 is 0 Å². The van der Waals surface area contributed by atoms with Crippen molar-refractivity contribution in [3.8, 4) is 22.3 Å². The summed E-state index contributed by atoms with van der Waals surface area (Å²) in [5.74, 6) is 0.880. The van der Waals surface area contributed by atoms with Gasteiger partial charge in [0.2, 0.25) is 5.96 Å². The van der Waals surface area contributed by atoms with Crippen molar-refractivity contribution in [1.29, 1.82) is 0 Å². The lowest BCUT2D eigenvalue weighted by molar-refractivity contribution is 0.763. The summed E-state index contributed by atoms with van der Waals surface area (Å²) in [6.45, 7) is 0.302. The predicted octanol–water partition coefficient (Wildman–Crippen LogP) is 15.9. The molecule has 0 saturated carbocycles. The fourth-order valence-corrected chi connectivity index (χ4v) is 13.4. The van der Waals surface area contributed by atoms with Crippen LogP contribution in [0.25, 0.3) is 65.9 Å². The number of nitrogens with zero attached hydrogens (tertiary/aromatic N) is 4. The Morgan fingerprint density at radius 2 is 0.737 bits per heavy atom. The first-order chi connectivity index (χ1) is 37.6. The van der Waals surface area contributed by atoms with Crippen LogP contribution in [0.15, 0.2) is 283 Å². The molecule has 5 nitrogen and oxygen atoms in total. The number of para-hydroxylation sites is 2. The Labute approximate surface area is 440 Å². The zero-order chi connectivity index (χ0) is 50.4. The number of hydrogen-bond donors (Lipinski definition) is 1. The quantitative estimate of drug-likeness (QED) is 0.126. The summed E-state index contributed by atoms with van der Waals surface area (Å²) in [4.78, 5) is 10.9. The molecule has 2 aliphatic carbocycles. The zero-order valence-corrected chi connectivity index (χ0v) is 41.6. The van der Waals surface area contributed by atoms with Crippen LogP contribution < -0.4 is 5.73 Å². The first-order valence-corrected chi connectivity index (χ1v) is 26.1. The van der Waals surface area contributed by atoms with E-state index in [0.29, 0.717) is 18.5 Å². The smallest absolute Gasteiger partial charge is 0.207 e. The van der Waals surface area contributed by atoms with Crippen LogP contribution in [0.3, 0.4) is 0 Å². The molecule has 0 aliphatic heterocycles. The van der Waals surface area contributed by atoms with E-state index >= 15 is 0 Å². The van der Waals surface area contributed by atoms with E-state index in [1.165, 1.54) is 77.5 Å². The van der Waals surface area contributed by atoms with Crippen LogP contribution in [0, 0.1) is 0 Å². The normalized spacial score (nSPS) is 14.3. The third-order valence-corrected chi connectivity index (χ3v) is 16.4. The Kier molecular flexibility index (Phi) is 9.85. The molecule has 2 N–H and O–H groups in total. The van der Waals surface area contributed by atoms with Crippen molar-refractivity contribution in [3.63, 3.8) is 0 Å². The third kappa shape index (κ3) is 6.20. The minimum atomic E-state index is -0.584. The lowest BCUT2D eigenvalue weighted by atomic mass is 9.67. The van der Waals surface area contributed by atoms with Gasteiger partial charge in [0.15, 0.2) is 5.84 Å². The van der Waals surface area contributed by atoms with Gasteiger partial charge in [0.25, 0.3) is 0 Å². The highest BCUT2D eigenvalue weighted by molar-refractivity contribution is 6.18. The second kappa shape index (κ2) is 17.1. The number of rotatable bonds is 7. The van der Waals surface area contributed by atoms with E-state index in [0.717, 1.165) is 38.4 Å². The topological polar surface area (TPSA) is 60.6 Å². The molecule has 13 aromatic rings. The van der Waals surface area contributed by atoms with E-state index < -0.39 is 10.8 Å². The molecular weight excluding hydrogens is 923 g/mol. The molecular formula is C71H49N5. The molecule has 0 spiro atoms. The molecule has 0 unspecified atom stereocenters. The van der Waals surface area contributed by atoms with E-state index in [2.05, 4.69) is 264 Å². The molecule has 15 rings (SSSR count). The largest absolute Gasteiger partial charge is 0.369 e. The van der Waals surface area contributed by atoms with Crippen molar-refractivity contribution >= 4 is 55.4 Å². The SMILES string of the molecule is NC(=N/C(=N\Cn1c2ccccc2c2cc3c(cc21)C(c1ccccc1)(c1ccccc1)c1ccccc1-3)c1ccccc1)n1c2ccccc2c2cc3c(cc21)C(c1ccccc1)(c1ccccc1)c1ccccc1-3. The number of aromatic nitrogens is 2. The van der Waals surface area contributed by atoms with Crippen LogP contribution in [0.2, 0.25) is 0 Å². The average Bonchev–Trinajstić information content (AvgIpc) is 4.30. The zero-order valence-electron chi connectivity index (χ0n) is 41.6. The molecule has 2 aliphatic rings. The molecule has 0 bridgehead atoms. The van der Waals surface area contributed by atoms with Crippen molar-refractivity contribution in [1.82, 2.24) is 9.13 Å². The third-order valence-electron chi connectivity index (χ3n) is 16.4. The van der Waals surface area contributed by atoms with Crippen molar-refractivity contribution < 1.29 is 0 Å². The van der Waals surface area contributed by atoms with E-state index in [4.69, 9.17) is 15.7 Å². The second-order valence-corrected chi connectivity index (χ2v) is 20.1. The summed E-state index contributed by atoms with van der Waals surface area (Å²) in [7, 11) is 0. The lowest BCUT2D eigenvalue weighted by Crippen LogP contribution is -2.29. The van der Waals surface area contributed by atoms with Gasteiger partial charge in [0.1, 0.15) is 6.67 Å². The molecule has 76 heavy (non-hydrogen) atoms. The number of benzene rings is 11. The molecule has 11 aromatic carbocycles. The first kappa shape index (κ1) is 43.7. The number of nitrogens with two attached hydrogens (primary N) is 1. The minimum absolute atomic E-state index is 0.302. The Morgan fingerprint density at radius 3 is 1.25 bits per heavy atom. The standard InChI is InChI=1S/C71H49N5/c72-69(76-65-41-23-19-37-55(65)59-43-57-53-35-17-21-39-61(53)71(63(57)45-67(59)76,50-30-12-4-13-31-50)51-32-14-5-15-33-51)74-68(47-24-6-1-7-25-47)73-46-75-64-40-22-18-36-54(64)58-42-56-52-34-16-20-38-60(52)70(62(56)44-66(58)75,48-26-8-2-9-27-48)49-28-10-3-11-29-49/h1-45H,46H2,(H2,72,73,74). The van der Waals surface area contributed by atoms with E-state index in [9.17, 15) is 0 Å². The molecule has 5 heteroatoms. The average molecular weight is 972 g/mol. The summed E-state index contributed by atoms with van der Waals surface area (Å²) >= 11 is 0. The Hall–Kier alpha value is -9.84. The highest BCUT2D eigenvalue weighted by Crippen LogP contribution is 2.59. The number of fused-ring (bicyclic) bond motifs is 12. The molecule has 358 valence electrons. The molecule has 2 aromatic heterocycles. The van der Waals surface area contributed by atoms with Crippen molar-refractivity contribution in [2.45, 2.75) is 17.5 Å². The fraction of sp³-hybridized carbons (Fsp3) is 0.0423. The number of aliphatic imine (C=N–C) groups is 2. The maximum Gasteiger partial charge on any atom is 0.207 e. The van der Waals surface area contributed by atoms with Crippen molar-refractivity contribution in [3.05, 3.63) is 323 Å². The van der Waals surface area contributed by atoms with Gasteiger partial charge in [-0.05, 0) is 103 Å². The second-order valence-electron chi connectivity index (χ2n) is 20.1. The maximum absolute atomic E-state index is 7.53. The predicted molar refractivity (Wildman–Crippen MR) is 313 cm³/mol. The van der Waals surface area contributed by atoms with Crippen LogP contribution in [-0.2, 0) is 17.5 Å². The maximum atomic E-state index is 7.53. The van der Waals surface area contributed by atoms with Crippen LogP contribution in [0.5, 0.6) is 0 Å². The van der Waals surface area contributed by atoms with Gasteiger partial charge in [-0.15, -0.1) is 0 Å². The Morgan fingerprint density at radius 1 is 0.342 bits per heavy atom. The number of hydrogen-bond acceptors (Lipinski definition) is 1. The molecule has 0 fully saturated rings. The monoisotopic (exact) mass is 971 g/mol. The molecule has 0 atom stereocenters. The van der Waals surface area contributed by atoms with Crippen LogP contribution in [0.4, 0.5) is 0 Å². The van der Waals surface area contributed by atoms with E-state index in [-0.39, 0.29) is 0 Å². The first-order valence-electron chi connectivity index (χ1n) is 26.1. The summed E-state index contributed by atoms with van der Waals surface area (Å²) in [6, 6.07) is 98.9. The van der Waals surface area contributed by atoms with Crippen LogP contribution in [-0.4, -0.2) is 20.9 Å². The summed E-state index contributed by atoms with van der Waals surface area (Å²) in [6.07, 6.45) is 0. The Balaban J connectivity index is 0.940. The van der Waals surface area contributed by atoms with E-state index in [1.54, 1.807) is 0 Å². The van der Waals surface area contributed by atoms with Gasteiger partial charge in [0, 0.05) is 27.1 Å². The highest BCUT2D eigenvalue weighted by atomic mass is 15.2. The van der Waals surface area contributed by atoms with Crippen molar-refractivity contribution in [2.24, 2.45) is 15.7 Å². The highest BCUT2D eigenvalue weighted by Gasteiger charge is 2.48. The molecule has 0 saturated heterocycles. The van der Waals surface area contributed by atoms with Crippen molar-refractivity contribution in [2.75, 3.05) is 0 Å². The summed E-state index contributed by atoms with van der Waals surface area (Å²) in [5.41, 5.74) is 26.3. The van der Waals surface area contributed by atoms with Gasteiger partial charge in [-0.1, -0.05) is 237 Å².